The summed E-state index contributed by atoms with van der Waals surface area (Å²) in [5.41, 5.74) is 2.82. The minimum Gasteiger partial charge on any atom is -0.508 e. The Balaban J connectivity index is 1.99. The van der Waals surface area contributed by atoms with E-state index in [1.807, 2.05) is 18.2 Å². The summed E-state index contributed by atoms with van der Waals surface area (Å²) in [5.74, 6) is 1.09. The van der Waals surface area contributed by atoms with Gasteiger partial charge in [-0.05, 0) is 18.2 Å². The van der Waals surface area contributed by atoms with Crippen LogP contribution in [0.5, 0.6) is 5.75 Å². The molecule has 0 radical (unpaired) electrons. The van der Waals surface area contributed by atoms with Crippen molar-refractivity contribution in [1.29, 1.82) is 0 Å². The van der Waals surface area contributed by atoms with E-state index in [9.17, 15) is 5.11 Å². The molecule has 2 N–H and O–H groups in total. The maximum Gasteiger partial charge on any atom is 0.139 e. The van der Waals surface area contributed by atoms with Gasteiger partial charge in [0.1, 0.15) is 11.6 Å². The lowest BCUT2D eigenvalue weighted by Gasteiger charge is -1.93. The highest BCUT2D eigenvalue weighted by Crippen LogP contribution is 2.33. The van der Waals surface area contributed by atoms with Gasteiger partial charge in [-0.3, -0.25) is 0 Å². The fourth-order valence-corrected chi connectivity index (χ4v) is 3.23. The molecule has 3 nitrogen and oxygen atoms in total. The molecule has 0 atom stereocenters. The number of thiophene rings is 1. The van der Waals surface area contributed by atoms with E-state index in [1.165, 1.54) is 10.1 Å². The van der Waals surface area contributed by atoms with Crippen molar-refractivity contribution < 1.29 is 5.11 Å². The minimum absolute atomic E-state index is 0.248. The molecular weight excluding hydrogens is 256 g/mol. The standard InChI is InChI=1S/C15H10N2OS/c18-9-5-6-12-13(7-9)17-15(16-12)11-8-19-14-4-2-1-3-10(11)14/h1-8,18H,(H,16,17). The van der Waals surface area contributed by atoms with Crippen molar-refractivity contribution in [2.45, 2.75) is 0 Å². The Bertz CT molecular complexity index is 891. The van der Waals surface area contributed by atoms with Gasteiger partial charge in [0.15, 0.2) is 0 Å². The summed E-state index contributed by atoms with van der Waals surface area (Å²) in [6.07, 6.45) is 0. The number of rotatable bonds is 1. The van der Waals surface area contributed by atoms with Gasteiger partial charge < -0.3 is 10.1 Å². The summed E-state index contributed by atoms with van der Waals surface area (Å²) in [6.45, 7) is 0. The number of H-pyrrole nitrogens is 1. The lowest BCUT2D eigenvalue weighted by atomic mass is 10.2. The monoisotopic (exact) mass is 266 g/mol. The number of aromatic amines is 1. The van der Waals surface area contributed by atoms with Crippen molar-refractivity contribution in [2.24, 2.45) is 0 Å². The number of fused-ring (bicyclic) bond motifs is 2. The number of aromatic nitrogens is 2. The van der Waals surface area contributed by atoms with Crippen molar-refractivity contribution in [3.8, 4) is 17.1 Å². The van der Waals surface area contributed by atoms with Crippen molar-refractivity contribution in [2.75, 3.05) is 0 Å². The van der Waals surface area contributed by atoms with Crippen LogP contribution in [0.2, 0.25) is 0 Å². The molecule has 0 aliphatic rings. The fraction of sp³-hybridized carbons (Fsp3) is 0. The molecule has 4 heteroatoms. The number of aromatic hydroxyl groups is 1. The molecule has 0 bridgehead atoms. The van der Waals surface area contributed by atoms with E-state index < -0.39 is 0 Å². The number of nitrogens with zero attached hydrogens (tertiary/aromatic N) is 1. The summed E-state index contributed by atoms with van der Waals surface area (Å²) in [4.78, 5) is 7.85. The van der Waals surface area contributed by atoms with E-state index in [0.29, 0.717) is 0 Å². The molecule has 0 fully saturated rings. The SMILES string of the molecule is Oc1ccc2nc(-c3csc4ccccc34)[nH]c2c1. The van der Waals surface area contributed by atoms with Crippen molar-refractivity contribution >= 4 is 32.5 Å². The highest BCUT2D eigenvalue weighted by atomic mass is 32.1. The lowest BCUT2D eigenvalue weighted by molar-refractivity contribution is 0.476. The van der Waals surface area contributed by atoms with E-state index in [1.54, 1.807) is 23.5 Å². The highest BCUT2D eigenvalue weighted by molar-refractivity contribution is 7.17. The van der Waals surface area contributed by atoms with Gasteiger partial charge in [-0.2, -0.15) is 0 Å². The third-order valence-electron chi connectivity index (χ3n) is 3.20. The van der Waals surface area contributed by atoms with Crippen LogP contribution in [0.3, 0.4) is 0 Å². The van der Waals surface area contributed by atoms with E-state index in [0.717, 1.165) is 22.4 Å². The first-order valence-corrected chi connectivity index (χ1v) is 6.84. The molecule has 2 aromatic heterocycles. The first kappa shape index (κ1) is 10.6. The molecule has 0 aliphatic heterocycles. The van der Waals surface area contributed by atoms with Crippen LogP contribution in [0.4, 0.5) is 0 Å². The van der Waals surface area contributed by atoms with Crippen LogP contribution >= 0.6 is 11.3 Å². The summed E-state index contributed by atoms with van der Waals surface area (Å²) in [5, 5.41) is 12.8. The quantitative estimate of drug-likeness (QED) is 0.543. The van der Waals surface area contributed by atoms with Crippen LogP contribution in [0.25, 0.3) is 32.5 Å². The molecule has 4 aromatic rings. The number of imidazole rings is 1. The van der Waals surface area contributed by atoms with Gasteiger partial charge >= 0.3 is 0 Å². The number of hydrogen-bond acceptors (Lipinski definition) is 3. The van der Waals surface area contributed by atoms with Crippen molar-refractivity contribution in [3.05, 3.63) is 47.8 Å². The van der Waals surface area contributed by atoms with Crippen molar-refractivity contribution in [1.82, 2.24) is 9.97 Å². The van der Waals surface area contributed by atoms with E-state index in [4.69, 9.17) is 0 Å². The fourth-order valence-electron chi connectivity index (χ4n) is 2.29. The number of hydrogen-bond donors (Lipinski definition) is 2. The average Bonchev–Trinajstić information content (AvgIpc) is 3.00. The predicted molar refractivity (Wildman–Crippen MR) is 78.6 cm³/mol. The number of phenolic OH excluding ortho intramolecular Hbond substituents is 1. The zero-order valence-electron chi connectivity index (χ0n) is 9.92. The lowest BCUT2D eigenvalue weighted by Crippen LogP contribution is -1.77. The van der Waals surface area contributed by atoms with Crippen LogP contribution in [-0.2, 0) is 0 Å². The molecule has 0 saturated heterocycles. The topological polar surface area (TPSA) is 48.9 Å². The maximum absolute atomic E-state index is 9.50. The third kappa shape index (κ3) is 1.61. The van der Waals surface area contributed by atoms with Gasteiger partial charge in [0.2, 0.25) is 0 Å². The number of nitrogens with one attached hydrogen (secondary N) is 1. The Morgan fingerprint density at radius 3 is 2.95 bits per heavy atom. The van der Waals surface area contributed by atoms with Gasteiger partial charge in [0.05, 0.1) is 11.0 Å². The van der Waals surface area contributed by atoms with Crippen LogP contribution in [0.15, 0.2) is 47.8 Å². The van der Waals surface area contributed by atoms with Gasteiger partial charge in [-0.1, -0.05) is 18.2 Å². The van der Waals surface area contributed by atoms with Gasteiger partial charge in [0.25, 0.3) is 0 Å². The molecule has 92 valence electrons. The van der Waals surface area contributed by atoms with Crippen LogP contribution < -0.4 is 0 Å². The van der Waals surface area contributed by atoms with Gasteiger partial charge in [-0.15, -0.1) is 11.3 Å². The number of phenols is 1. The molecule has 0 spiro atoms. The summed E-state index contributed by atoms with van der Waals surface area (Å²) in [7, 11) is 0. The van der Waals surface area contributed by atoms with E-state index >= 15 is 0 Å². The molecule has 4 rings (SSSR count). The second kappa shape index (κ2) is 3.83. The highest BCUT2D eigenvalue weighted by Gasteiger charge is 2.10. The summed E-state index contributed by atoms with van der Waals surface area (Å²) in [6, 6.07) is 13.5. The predicted octanol–water partition coefficient (Wildman–Crippen LogP) is 4.15. The van der Waals surface area contributed by atoms with Crippen LogP contribution in [-0.4, -0.2) is 15.1 Å². The maximum atomic E-state index is 9.50. The van der Waals surface area contributed by atoms with Gasteiger partial charge in [0, 0.05) is 27.1 Å². The molecule has 0 amide bonds. The van der Waals surface area contributed by atoms with Gasteiger partial charge in [-0.25, -0.2) is 4.98 Å². The molecular formula is C15H10N2OS. The Hall–Kier alpha value is -2.33. The zero-order chi connectivity index (χ0) is 12.8. The van der Waals surface area contributed by atoms with Crippen molar-refractivity contribution in [3.63, 3.8) is 0 Å². The van der Waals surface area contributed by atoms with Crippen LogP contribution in [0.1, 0.15) is 0 Å². The first-order valence-electron chi connectivity index (χ1n) is 5.96. The zero-order valence-corrected chi connectivity index (χ0v) is 10.7. The summed E-state index contributed by atoms with van der Waals surface area (Å²) >= 11 is 1.71. The first-order chi connectivity index (χ1) is 9.31. The largest absolute Gasteiger partial charge is 0.508 e. The van der Waals surface area contributed by atoms with E-state index in [2.05, 4.69) is 27.5 Å². The molecule has 19 heavy (non-hydrogen) atoms. The smallest absolute Gasteiger partial charge is 0.139 e. The second-order valence-corrected chi connectivity index (χ2v) is 5.34. The Morgan fingerprint density at radius 2 is 2.00 bits per heavy atom. The molecule has 2 heterocycles. The molecule has 0 unspecified atom stereocenters. The Labute approximate surface area is 113 Å². The van der Waals surface area contributed by atoms with Crippen LogP contribution in [0, 0.1) is 0 Å². The average molecular weight is 266 g/mol. The Kier molecular flexibility index (Phi) is 2.13. The van der Waals surface area contributed by atoms with E-state index in [-0.39, 0.29) is 5.75 Å². The normalized spacial score (nSPS) is 11.4. The molecule has 0 aliphatic carbocycles. The number of benzene rings is 2. The summed E-state index contributed by atoms with van der Waals surface area (Å²) < 4.78 is 1.25. The molecule has 0 saturated carbocycles. The third-order valence-corrected chi connectivity index (χ3v) is 4.17. The molecule has 2 aromatic carbocycles. The minimum atomic E-state index is 0.248. The second-order valence-electron chi connectivity index (χ2n) is 4.43. The Morgan fingerprint density at radius 1 is 1.11 bits per heavy atom.